The van der Waals surface area contributed by atoms with Gasteiger partial charge in [0.1, 0.15) is 11.4 Å². The van der Waals surface area contributed by atoms with E-state index in [4.69, 9.17) is 5.73 Å². The average molecular weight is 283 g/mol. The molecule has 0 unspecified atom stereocenters. The minimum Gasteiger partial charge on any atom is -0.478 e. The van der Waals surface area contributed by atoms with Crippen LogP contribution >= 0.6 is 0 Å². The largest absolute Gasteiger partial charge is 0.478 e. The highest BCUT2D eigenvalue weighted by Crippen LogP contribution is 2.35. The maximum atomic E-state index is 11.5. The van der Waals surface area contributed by atoms with Gasteiger partial charge < -0.3 is 15.7 Å². The monoisotopic (exact) mass is 283 g/mol. The summed E-state index contributed by atoms with van der Waals surface area (Å²) in [7, 11) is 0. The topological polar surface area (TPSA) is 79.5 Å². The van der Waals surface area contributed by atoms with Crippen LogP contribution in [0.4, 0.5) is 17.2 Å². The van der Waals surface area contributed by atoms with Gasteiger partial charge in [0.15, 0.2) is 0 Å². The van der Waals surface area contributed by atoms with Gasteiger partial charge in [0.2, 0.25) is 0 Å². The first-order valence-electron chi connectivity index (χ1n) is 6.92. The Bertz CT molecular complexity index is 713. The van der Waals surface area contributed by atoms with Crippen LogP contribution in [0.15, 0.2) is 30.5 Å². The number of carboxylic acid groups (broad SMARTS) is 1. The first-order valence-corrected chi connectivity index (χ1v) is 6.92. The molecule has 1 aliphatic heterocycles. The highest BCUT2D eigenvalue weighted by Gasteiger charge is 2.24. The number of carboxylic acids is 1. The number of hydrogen-bond donors (Lipinski definition) is 2. The Labute approximate surface area is 123 Å². The van der Waals surface area contributed by atoms with E-state index in [0.29, 0.717) is 11.5 Å². The van der Waals surface area contributed by atoms with Crippen LogP contribution in [-0.4, -0.2) is 22.6 Å². The predicted molar refractivity (Wildman–Crippen MR) is 82.1 cm³/mol. The molecule has 0 saturated carbocycles. The lowest BCUT2D eigenvalue weighted by Crippen LogP contribution is -2.27. The molecule has 5 heteroatoms. The highest BCUT2D eigenvalue weighted by atomic mass is 16.4. The van der Waals surface area contributed by atoms with E-state index in [1.807, 2.05) is 17.0 Å². The van der Waals surface area contributed by atoms with Crippen molar-refractivity contribution in [2.75, 3.05) is 17.2 Å². The van der Waals surface area contributed by atoms with Crippen LogP contribution in [0.5, 0.6) is 0 Å². The molecule has 0 amide bonds. The van der Waals surface area contributed by atoms with Gasteiger partial charge in [-0.2, -0.15) is 0 Å². The van der Waals surface area contributed by atoms with E-state index < -0.39 is 5.97 Å². The standard InChI is InChI=1S/C16H17N3O2/c1-10-4-5-14-11(7-10)3-2-6-19(14)15-13(16(20)21)8-12(17)9-18-15/h4-5,7-9H,2-3,6,17H2,1H3,(H,20,21). The Morgan fingerprint density at radius 2 is 2.19 bits per heavy atom. The molecule has 3 rings (SSSR count). The maximum absolute atomic E-state index is 11.5. The Morgan fingerprint density at radius 1 is 1.38 bits per heavy atom. The Balaban J connectivity index is 2.13. The van der Waals surface area contributed by atoms with Gasteiger partial charge in [-0.3, -0.25) is 0 Å². The van der Waals surface area contributed by atoms with E-state index in [1.54, 1.807) is 0 Å². The molecule has 0 atom stereocenters. The quantitative estimate of drug-likeness (QED) is 0.886. The Morgan fingerprint density at radius 3 is 2.95 bits per heavy atom. The molecule has 0 radical (unpaired) electrons. The molecule has 0 aliphatic carbocycles. The molecule has 0 saturated heterocycles. The normalized spacial score (nSPS) is 13.9. The lowest BCUT2D eigenvalue weighted by atomic mass is 9.99. The molecule has 21 heavy (non-hydrogen) atoms. The summed E-state index contributed by atoms with van der Waals surface area (Å²) < 4.78 is 0. The summed E-state index contributed by atoms with van der Waals surface area (Å²) in [5.74, 6) is -0.550. The SMILES string of the molecule is Cc1ccc2c(c1)CCCN2c1ncc(N)cc1C(=O)O. The van der Waals surface area contributed by atoms with Gasteiger partial charge in [0, 0.05) is 12.2 Å². The fraction of sp³-hybridized carbons (Fsp3) is 0.250. The molecule has 2 heterocycles. The molecule has 2 aromatic rings. The summed E-state index contributed by atoms with van der Waals surface area (Å²) >= 11 is 0. The average Bonchev–Trinajstić information content (AvgIpc) is 2.46. The van der Waals surface area contributed by atoms with Gasteiger partial charge in [0.05, 0.1) is 11.9 Å². The molecule has 0 spiro atoms. The second-order valence-corrected chi connectivity index (χ2v) is 5.33. The van der Waals surface area contributed by atoms with Crippen LogP contribution in [0.25, 0.3) is 0 Å². The number of aromatic carboxylic acids is 1. The number of aromatic nitrogens is 1. The predicted octanol–water partition coefficient (Wildman–Crippen LogP) is 2.75. The zero-order chi connectivity index (χ0) is 15.0. The van der Waals surface area contributed by atoms with Crippen molar-refractivity contribution >= 4 is 23.2 Å². The zero-order valence-corrected chi connectivity index (χ0v) is 11.8. The van der Waals surface area contributed by atoms with Gasteiger partial charge in [-0.15, -0.1) is 0 Å². The number of fused-ring (bicyclic) bond motifs is 1. The van der Waals surface area contributed by atoms with Gasteiger partial charge in [-0.25, -0.2) is 9.78 Å². The number of pyridine rings is 1. The van der Waals surface area contributed by atoms with Crippen LogP contribution in [0.3, 0.4) is 0 Å². The van der Waals surface area contributed by atoms with E-state index in [2.05, 4.69) is 18.0 Å². The summed E-state index contributed by atoms with van der Waals surface area (Å²) in [6.45, 7) is 2.82. The Hall–Kier alpha value is -2.56. The van der Waals surface area contributed by atoms with Crippen molar-refractivity contribution in [2.45, 2.75) is 19.8 Å². The zero-order valence-electron chi connectivity index (χ0n) is 11.8. The number of benzene rings is 1. The molecule has 1 aromatic carbocycles. The van der Waals surface area contributed by atoms with Crippen molar-refractivity contribution in [3.63, 3.8) is 0 Å². The molecule has 0 bridgehead atoms. The van der Waals surface area contributed by atoms with Gasteiger partial charge in [-0.05, 0) is 37.5 Å². The number of nitrogens with zero attached hydrogens (tertiary/aromatic N) is 2. The number of aryl methyl sites for hydroxylation is 2. The molecule has 1 aliphatic rings. The third-order valence-corrected chi connectivity index (χ3v) is 3.73. The second kappa shape index (κ2) is 5.09. The number of hydrogen-bond acceptors (Lipinski definition) is 4. The first kappa shape index (κ1) is 13.4. The van der Waals surface area contributed by atoms with E-state index in [-0.39, 0.29) is 5.56 Å². The number of nitrogens with two attached hydrogens (primary N) is 1. The second-order valence-electron chi connectivity index (χ2n) is 5.33. The first-order chi connectivity index (χ1) is 10.1. The van der Waals surface area contributed by atoms with Gasteiger partial charge >= 0.3 is 5.97 Å². The lowest BCUT2D eigenvalue weighted by Gasteiger charge is -2.31. The summed E-state index contributed by atoms with van der Waals surface area (Å²) in [6, 6.07) is 7.69. The molecule has 0 fully saturated rings. The van der Waals surface area contributed by atoms with Crippen LogP contribution in [0.1, 0.15) is 27.9 Å². The number of nitrogen functional groups attached to an aromatic ring is 1. The van der Waals surface area contributed by atoms with Crippen molar-refractivity contribution in [3.05, 3.63) is 47.2 Å². The van der Waals surface area contributed by atoms with Gasteiger partial charge in [0.25, 0.3) is 0 Å². The maximum Gasteiger partial charge on any atom is 0.339 e. The number of rotatable bonds is 2. The van der Waals surface area contributed by atoms with E-state index >= 15 is 0 Å². The summed E-state index contributed by atoms with van der Waals surface area (Å²) in [5.41, 5.74) is 9.64. The van der Waals surface area contributed by atoms with E-state index in [0.717, 1.165) is 25.1 Å². The fourth-order valence-electron chi connectivity index (χ4n) is 2.79. The fourth-order valence-corrected chi connectivity index (χ4v) is 2.79. The third-order valence-electron chi connectivity index (χ3n) is 3.73. The minimum atomic E-state index is -1.01. The number of anilines is 3. The smallest absolute Gasteiger partial charge is 0.339 e. The minimum absolute atomic E-state index is 0.142. The van der Waals surface area contributed by atoms with Gasteiger partial charge in [-0.1, -0.05) is 17.7 Å². The van der Waals surface area contributed by atoms with Crippen molar-refractivity contribution in [2.24, 2.45) is 0 Å². The molecule has 108 valence electrons. The van der Waals surface area contributed by atoms with Crippen molar-refractivity contribution in [1.29, 1.82) is 0 Å². The van der Waals surface area contributed by atoms with Crippen LogP contribution in [0, 0.1) is 6.92 Å². The summed E-state index contributed by atoms with van der Waals surface area (Å²) in [4.78, 5) is 17.7. The lowest BCUT2D eigenvalue weighted by molar-refractivity contribution is 0.0697. The van der Waals surface area contributed by atoms with Crippen LogP contribution in [-0.2, 0) is 6.42 Å². The third kappa shape index (κ3) is 2.42. The Kier molecular flexibility index (Phi) is 3.25. The highest BCUT2D eigenvalue weighted by molar-refractivity contribution is 5.95. The summed E-state index contributed by atoms with van der Waals surface area (Å²) in [5, 5.41) is 9.39. The van der Waals surface area contributed by atoms with E-state index in [1.165, 1.54) is 23.4 Å². The van der Waals surface area contributed by atoms with Crippen molar-refractivity contribution in [1.82, 2.24) is 4.98 Å². The van der Waals surface area contributed by atoms with Crippen molar-refractivity contribution < 1.29 is 9.90 Å². The summed E-state index contributed by atoms with van der Waals surface area (Å²) in [6.07, 6.45) is 3.48. The molecular weight excluding hydrogens is 266 g/mol. The number of carbonyl (C=O) groups is 1. The van der Waals surface area contributed by atoms with E-state index in [9.17, 15) is 9.90 Å². The molecule has 3 N–H and O–H groups in total. The molecule has 1 aromatic heterocycles. The van der Waals surface area contributed by atoms with Crippen LogP contribution < -0.4 is 10.6 Å². The molecular formula is C16H17N3O2. The van der Waals surface area contributed by atoms with Crippen LogP contribution in [0.2, 0.25) is 0 Å². The van der Waals surface area contributed by atoms with Crippen molar-refractivity contribution in [3.8, 4) is 0 Å². The molecule has 5 nitrogen and oxygen atoms in total.